The van der Waals surface area contributed by atoms with Crippen molar-refractivity contribution in [3.05, 3.63) is 25.3 Å². The molecule has 2 aliphatic heterocycles. The topological polar surface area (TPSA) is 123 Å². The molecule has 0 aromatic carbocycles. The zero-order valence-electron chi connectivity index (χ0n) is 16.9. The number of ether oxygens (including phenoxy) is 2. The second-order valence-corrected chi connectivity index (χ2v) is 8.56. The van der Waals surface area contributed by atoms with Crippen LogP contribution in [0.5, 0.6) is 0 Å². The van der Waals surface area contributed by atoms with Crippen molar-refractivity contribution in [1.29, 1.82) is 0 Å². The fraction of sp³-hybridized carbons (Fsp3) is 0.611. The average Bonchev–Trinajstić information content (AvgIpc) is 3.06. The van der Waals surface area contributed by atoms with E-state index in [2.05, 4.69) is 13.2 Å². The Kier molecular flexibility index (Phi) is 8.24. The normalized spacial score (nSPS) is 22.0. The summed E-state index contributed by atoms with van der Waals surface area (Å²) in [4.78, 5) is 41.0. The van der Waals surface area contributed by atoms with Gasteiger partial charge in [0.15, 0.2) is 0 Å². The van der Waals surface area contributed by atoms with Crippen LogP contribution in [0.3, 0.4) is 0 Å². The third kappa shape index (κ3) is 6.73. The first-order chi connectivity index (χ1) is 14.1. The Morgan fingerprint density at radius 1 is 1.13 bits per heavy atom. The number of rotatable bonds is 8. The van der Waals surface area contributed by atoms with Gasteiger partial charge in [-0.1, -0.05) is 25.3 Å². The van der Waals surface area contributed by atoms with E-state index < -0.39 is 34.5 Å². The number of piperazine rings is 1. The van der Waals surface area contributed by atoms with Crippen LogP contribution in [0.15, 0.2) is 25.3 Å². The van der Waals surface area contributed by atoms with Crippen molar-refractivity contribution in [2.75, 3.05) is 52.2 Å². The zero-order valence-corrected chi connectivity index (χ0v) is 17.7. The predicted molar refractivity (Wildman–Crippen MR) is 106 cm³/mol. The summed E-state index contributed by atoms with van der Waals surface area (Å²) in [7, 11) is -3.71. The van der Waals surface area contributed by atoms with Crippen LogP contribution in [0.25, 0.3) is 0 Å². The van der Waals surface area contributed by atoms with Crippen LogP contribution >= 0.6 is 0 Å². The van der Waals surface area contributed by atoms with E-state index in [1.54, 1.807) is 0 Å². The molecule has 2 heterocycles. The van der Waals surface area contributed by atoms with Crippen molar-refractivity contribution < 1.29 is 36.5 Å². The van der Waals surface area contributed by atoms with Gasteiger partial charge >= 0.3 is 12.2 Å². The van der Waals surface area contributed by atoms with E-state index in [-0.39, 0.29) is 58.3 Å². The van der Waals surface area contributed by atoms with Crippen molar-refractivity contribution in [3.63, 3.8) is 0 Å². The Hall–Kier alpha value is -2.60. The van der Waals surface area contributed by atoms with Crippen molar-refractivity contribution in [1.82, 2.24) is 14.7 Å². The highest BCUT2D eigenvalue weighted by Gasteiger charge is 2.40. The lowest BCUT2D eigenvalue weighted by Gasteiger charge is -2.36. The summed E-state index contributed by atoms with van der Waals surface area (Å²) in [5.74, 6) is -0.302. The van der Waals surface area contributed by atoms with E-state index in [9.17, 15) is 22.8 Å². The van der Waals surface area contributed by atoms with E-state index in [0.717, 1.165) is 6.26 Å². The van der Waals surface area contributed by atoms with Gasteiger partial charge in [-0.05, 0) is 6.42 Å². The van der Waals surface area contributed by atoms with E-state index in [4.69, 9.17) is 13.7 Å². The molecule has 0 aromatic heterocycles. The summed E-state index contributed by atoms with van der Waals surface area (Å²) >= 11 is 0. The molecule has 11 nitrogen and oxygen atoms in total. The molecule has 2 saturated heterocycles. The molecule has 0 unspecified atom stereocenters. The van der Waals surface area contributed by atoms with Crippen molar-refractivity contribution in [2.45, 2.75) is 18.6 Å². The maximum atomic E-state index is 12.5. The highest BCUT2D eigenvalue weighted by atomic mass is 32.2. The molecule has 12 heteroatoms. The molecule has 0 aromatic rings. The summed E-state index contributed by atoms with van der Waals surface area (Å²) in [5.41, 5.74) is 0. The van der Waals surface area contributed by atoms with Crippen LogP contribution in [0.1, 0.15) is 6.42 Å². The number of likely N-dealkylation sites (tertiary alicyclic amines) is 1. The van der Waals surface area contributed by atoms with E-state index in [0.29, 0.717) is 0 Å². The minimum absolute atomic E-state index is 0.00405. The predicted octanol–water partition coefficient (Wildman–Crippen LogP) is 0.195. The lowest BCUT2D eigenvalue weighted by Crippen LogP contribution is -2.55. The van der Waals surface area contributed by atoms with Crippen molar-refractivity contribution >= 4 is 28.2 Å². The lowest BCUT2D eigenvalue weighted by atomic mass is 10.1. The summed E-state index contributed by atoms with van der Waals surface area (Å²) < 4.78 is 38.0. The number of carbonyl (C=O) groups is 3. The first-order valence-electron chi connectivity index (χ1n) is 9.37. The zero-order chi connectivity index (χ0) is 22.3. The standard InChI is InChI=1S/C18H27N3O8S/c1-4-8-27-17(23)20-7-6-19(16(22)13-20)11-14-10-15(29-30(3,25)26)12-21(14)18(24)28-9-5-2/h4-5,14-15H,1-2,6-13H2,3H3/t14-,15+/m0/s1. The van der Waals surface area contributed by atoms with E-state index in [1.165, 1.54) is 26.9 Å². The van der Waals surface area contributed by atoms with Gasteiger partial charge < -0.3 is 19.3 Å². The molecule has 0 saturated carbocycles. The molecular formula is C18H27N3O8S. The Labute approximate surface area is 175 Å². The molecule has 0 aliphatic carbocycles. The van der Waals surface area contributed by atoms with E-state index >= 15 is 0 Å². The van der Waals surface area contributed by atoms with Gasteiger partial charge in [-0.25, -0.2) is 9.59 Å². The second-order valence-electron chi connectivity index (χ2n) is 6.96. The lowest BCUT2D eigenvalue weighted by molar-refractivity contribution is -0.136. The molecule has 0 spiro atoms. The fourth-order valence-corrected chi connectivity index (χ4v) is 3.97. The Morgan fingerprint density at radius 3 is 2.33 bits per heavy atom. The molecule has 30 heavy (non-hydrogen) atoms. The van der Waals surface area contributed by atoms with Crippen molar-refractivity contribution in [2.24, 2.45) is 0 Å². The Morgan fingerprint density at radius 2 is 1.77 bits per heavy atom. The molecule has 0 bridgehead atoms. The minimum Gasteiger partial charge on any atom is -0.445 e. The van der Waals surface area contributed by atoms with Gasteiger partial charge in [0.05, 0.1) is 24.9 Å². The molecule has 0 radical (unpaired) electrons. The Balaban J connectivity index is 2.01. The van der Waals surface area contributed by atoms with Crippen LogP contribution in [0, 0.1) is 0 Å². The van der Waals surface area contributed by atoms with Gasteiger partial charge in [-0.3, -0.25) is 13.9 Å². The van der Waals surface area contributed by atoms with Crippen LogP contribution in [-0.2, 0) is 28.6 Å². The molecule has 2 aliphatic rings. The SMILES string of the molecule is C=CCOC(=O)N1CCN(C[C@@H]2C[C@@H](OS(C)(=O)=O)CN2C(=O)OCC=C)C(=O)C1. The summed E-state index contributed by atoms with van der Waals surface area (Å²) in [6.45, 7) is 7.58. The fourth-order valence-electron chi connectivity index (χ4n) is 3.33. The van der Waals surface area contributed by atoms with Gasteiger partial charge in [-0.15, -0.1) is 0 Å². The van der Waals surface area contributed by atoms with Gasteiger partial charge in [0, 0.05) is 19.6 Å². The highest BCUT2D eigenvalue weighted by molar-refractivity contribution is 7.86. The molecule has 3 amide bonds. The smallest absolute Gasteiger partial charge is 0.410 e. The number of amides is 3. The summed E-state index contributed by atoms with van der Waals surface area (Å²) in [6, 6.07) is -0.489. The second kappa shape index (κ2) is 10.4. The van der Waals surface area contributed by atoms with Crippen LogP contribution < -0.4 is 0 Å². The third-order valence-electron chi connectivity index (χ3n) is 4.58. The molecular weight excluding hydrogens is 418 g/mol. The number of hydrogen-bond acceptors (Lipinski definition) is 8. The minimum atomic E-state index is -3.71. The van der Waals surface area contributed by atoms with Gasteiger partial charge in [0.25, 0.3) is 10.1 Å². The maximum absolute atomic E-state index is 12.5. The number of carbonyl (C=O) groups excluding carboxylic acids is 3. The molecule has 2 fully saturated rings. The summed E-state index contributed by atoms with van der Waals surface area (Å²) in [6.07, 6.45) is 2.05. The maximum Gasteiger partial charge on any atom is 0.410 e. The first kappa shape index (κ1) is 23.7. The third-order valence-corrected chi connectivity index (χ3v) is 5.20. The van der Waals surface area contributed by atoms with Crippen LogP contribution in [0.4, 0.5) is 9.59 Å². The number of nitrogens with zero attached hydrogens (tertiary/aromatic N) is 3. The molecule has 2 rings (SSSR count). The quantitative estimate of drug-likeness (QED) is 0.383. The van der Waals surface area contributed by atoms with Crippen molar-refractivity contribution in [3.8, 4) is 0 Å². The van der Waals surface area contributed by atoms with E-state index in [1.807, 2.05) is 0 Å². The highest BCUT2D eigenvalue weighted by Crippen LogP contribution is 2.24. The largest absolute Gasteiger partial charge is 0.445 e. The number of hydrogen-bond donors (Lipinski definition) is 0. The summed E-state index contributed by atoms with van der Waals surface area (Å²) in [5, 5.41) is 0. The van der Waals surface area contributed by atoms with Crippen LogP contribution in [-0.4, -0.2) is 106 Å². The first-order valence-corrected chi connectivity index (χ1v) is 11.2. The van der Waals surface area contributed by atoms with Gasteiger partial charge in [-0.2, -0.15) is 8.42 Å². The Bertz CT molecular complexity index is 784. The van der Waals surface area contributed by atoms with Gasteiger partial charge in [0.1, 0.15) is 19.8 Å². The van der Waals surface area contributed by atoms with Crippen LogP contribution in [0.2, 0.25) is 0 Å². The average molecular weight is 445 g/mol. The van der Waals surface area contributed by atoms with Gasteiger partial charge in [0.2, 0.25) is 5.91 Å². The molecule has 168 valence electrons. The molecule has 0 N–H and O–H groups in total. The monoisotopic (exact) mass is 445 g/mol. The molecule has 2 atom stereocenters.